The fourth-order valence-electron chi connectivity index (χ4n) is 1.86. The van der Waals surface area contributed by atoms with Crippen molar-refractivity contribution in [2.75, 3.05) is 37.0 Å². The highest BCUT2D eigenvalue weighted by Gasteiger charge is 2.11. The van der Waals surface area contributed by atoms with E-state index in [4.69, 9.17) is 4.74 Å². The topological polar surface area (TPSA) is 88.1 Å². The third-order valence-corrected chi connectivity index (χ3v) is 4.81. The second-order valence-electron chi connectivity index (χ2n) is 5.43. The molecule has 9 heteroatoms. The van der Waals surface area contributed by atoms with Crippen molar-refractivity contribution < 1.29 is 18.5 Å². The lowest BCUT2D eigenvalue weighted by molar-refractivity contribution is -0.113. The number of nitrogens with zero attached hydrogens (tertiary/aromatic N) is 2. The zero-order valence-corrected chi connectivity index (χ0v) is 16.5. The van der Waals surface area contributed by atoms with Crippen LogP contribution in [0.4, 0.5) is 10.5 Å². The predicted molar refractivity (Wildman–Crippen MR) is 106 cm³/mol. The van der Waals surface area contributed by atoms with Crippen molar-refractivity contribution in [3.8, 4) is 5.75 Å². The van der Waals surface area contributed by atoms with Crippen LogP contribution in [0.5, 0.6) is 5.75 Å². The number of rotatable bonds is 10. The van der Waals surface area contributed by atoms with Gasteiger partial charge in [-0.25, -0.2) is 9.79 Å². The quantitative estimate of drug-likeness (QED) is 0.373. The molecule has 1 unspecified atom stereocenters. The van der Waals surface area contributed by atoms with E-state index in [1.807, 2.05) is 6.92 Å². The van der Waals surface area contributed by atoms with Crippen molar-refractivity contribution in [1.29, 1.82) is 0 Å². The predicted octanol–water partition coefficient (Wildman–Crippen LogP) is 2.71. The molecule has 0 saturated carbocycles. The minimum Gasteiger partial charge on any atom is -0.410 e. The van der Waals surface area contributed by atoms with Crippen molar-refractivity contribution in [2.24, 2.45) is 4.99 Å². The van der Waals surface area contributed by atoms with Gasteiger partial charge in [-0.1, -0.05) is 6.07 Å². The Hall–Kier alpha value is -2.09. The molecule has 142 valence electrons. The molecule has 0 heterocycles. The normalized spacial score (nSPS) is 11.2. The van der Waals surface area contributed by atoms with Gasteiger partial charge in [0.05, 0.1) is 5.16 Å². The number of ether oxygens (including phenoxy) is 1. The smallest absolute Gasteiger partial charge is 0.410 e. The number of isothiocyanates is 1. The number of anilines is 1. The first-order valence-electron chi connectivity index (χ1n) is 8.17. The van der Waals surface area contributed by atoms with Crippen molar-refractivity contribution in [2.45, 2.75) is 19.8 Å². The van der Waals surface area contributed by atoms with Gasteiger partial charge in [0.1, 0.15) is 11.5 Å². The first kappa shape index (κ1) is 22.0. The summed E-state index contributed by atoms with van der Waals surface area (Å²) < 4.78 is 17.1. The van der Waals surface area contributed by atoms with E-state index in [0.717, 1.165) is 6.42 Å². The average Bonchev–Trinajstić information content (AvgIpc) is 2.60. The maximum atomic E-state index is 12.0. The van der Waals surface area contributed by atoms with Gasteiger partial charge in [-0.15, -0.1) is 0 Å². The average molecular weight is 398 g/mol. The molecule has 0 bridgehead atoms. The number of benzene rings is 1. The van der Waals surface area contributed by atoms with Gasteiger partial charge in [0.15, 0.2) is 0 Å². The Bertz CT molecular complexity index is 690. The lowest BCUT2D eigenvalue weighted by atomic mass is 10.3. The Morgan fingerprint density at radius 2 is 2.15 bits per heavy atom. The molecule has 7 nitrogen and oxygen atoms in total. The molecule has 26 heavy (non-hydrogen) atoms. The lowest BCUT2D eigenvalue weighted by Crippen LogP contribution is -2.29. The van der Waals surface area contributed by atoms with E-state index < -0.39 is 16.9 Å². The van der Waals surface area contributed by atoms with Gasteiger partial charge >= 0.3 is 6.09 Å². The number of carbonyl (C=O) groups excluding carboxylic acids is 2. The Kier molecular flexibility index (Phi) is 10.4. The van der Waals surface area contributed by atoms with E-state index in [2.05, 4.69) is 27.7 Å². The molecule has 0 radical (unpaired) electrons. The van der Waals surface area contributed by atoms with E-state index in [9.17, 15) is 13.8 Å². The summed E-state index contributed by atoms with van der Waals surface area (Å²) in [7, 11) is 0.387. The Morgan fingerprint density at radius 1 is 1.38 bits per heavy atom. The van der Waals surface area contributed by atoms with Crippen LogP contribution in [-0.4, -0.2) is 57.9 Å². The molecular weight excluding hydrogens is 374 g/mol. The van der Waals surface area contributed by atoms with Gasteiger partial charge in [-0.3, -0.25) is 9.00 Å². The largest absolute Gasteiger partial charge is 0.414 e. The minimum atomic E-state index is -1.24. The number of nitrogens with one attached hydrogen (secondary N) is 1. The van der Waals surface area contributed by atoms with E-state index in [0.29, 0.717) is 36.7 Å². The summed E-state index contributed by atoms with van der Waals surface area (Å²) in [4.78, 5) is 28.9. The summed E-state index contributed by atoms with van der Waals surface area (Å²) >= 11 is 4.46. The van der Waals surface area contributed by atoms with Gasteiger partial charge in [0.25, 0.3) is 0 Å². The van der Waals surface area contributed by atoms with E-state index in [-0.39, 0.29) is 11.7 Å². The zero-order chi connectivity index (χ0) is 19.4. The summed E-state index contributed by atoms with van der Waals surface area (Å²) in [5, 5.41) is 4.94. The van der Waals surface area contributed by atoms with E-state index in [1.165, 1.54) is 4.90 Å². The van der Waals surface area contributed by atoms with Crippen molar-refractivity contribution in [1.82, 2.24) is 4.90 Å². The third-order valence-electron chi connectivity index (χ3n) is 3.36. The van der Waals surface area contributed by atoms with Crippen LogP contribution in [0.15, 0.2) is 29.3 Å². The summed E-state index contributed by atoms with van der Waals surface area (Å²) in [5.74, 6) is 0.322. The summed E-state index contributed by atoms with van der Waals surface area (Å²) in [5.41, 5.74) is 0.478. The first-order chi connectivity index (χ1) is 12.5. The van der Waals surface area contributed by atoms with Crippen LogP contribution in [0.3, 0.4) is 0 Å². The molecule has 1 aromatic rings. The number of thiocarbonyl (C=S) groups is 1. The summed E-state index contributed by atoms with van der Waals surface area (Å²) in [6.45, 7) is 2.92. The maximum Gasteiger partial charge on any atom is 0.414 e. The molecule has 1 atom stereocenters. The fraction of sp³-hybridized carbons (Fsp3) is 0.471. The molecule has 1 aromatic carbocycles. The van der Waals surface area contributed by atoms with Crippen molar-refractivity contribution in [3.63, 3.8) is 0 Å². The number of amides is 2. The monoisotopic (exact) mass is 397 g/mol. The molecule has 0 spiro atoms. The molecule has 1 N–H and O–H groups in total. The second kappa shape index (κ2) is 12.3. The highest BCUT2D eigenvalue weighted by Crippen LogP contribution is 2.18. The zero-order valence-electron chi connectivity index (χ0n) is 14.9. The third kappa shape index (κ3) is 8.84. The van der Waals surface area contributed by atoms with Gasteiger partial charge in [0.2, 0.25) is 5.91 Å². The standard InChI is InChI=1S/C17H23N3O4S2/c1-3-20(2)17(22)24-15-8-6-7-14(11-15)19-16(21)12-26(23)10-5-4-9-18-13-25/h6-8,11H,3-5,9-10,12H2,1-2H3,(H,19,21). The molecule has 0 aromatic heterocycles. The molecule has 0 aliphatic rings. The Morgan fingerprint density at radius 3 is 2.85 bits per heavy atom. The SMILES string of the molecule is CCN(C)C(=O)Oc1cccc(NC(=O)CS(=O)CCCCN=C=S)c1. The molecule has 0 aliphatic heterocycles. The van der Waals surface area contributed by atoms with Gasteiger partial charge in [-0.05, 0) is 44.1 Å². The second-order valence-corrected chi connectivity index (χ2v) is 7.19. The summed E-state index contributed by atoms with van der Waals surface area (Å²) in [6, 6.07) is 6.51. The molecular formula is C17H23N3O4S2. The van der Waals surface area contributed by atoms with Gasteiger partial charge < -0.3 is 15.0 Å². The number of unbranched alkanes of at least 4 members (excludes halogenated alkanes) is 1. The Balaban J connectivity index is 2.46. The number of aliphatic imine (C=N–C) groups is 1. The maximum absolute atomic E-state index is 12.0. The van der Waals surface area contributed by atoms with Crippen LogP contribution < -0.4 is 10.1 Å². The van der Waals surface area contributed by atoms with Crippen molar-refractivity contribution in [3.05, 3.63) is 24.3 Å². The van der Waals surface area contributed by atoms with E-state index in [1.54, 1.807) is 31.3 Å². The van der Waals surface area contributed by atoms with Crippen LogP contribution >= 0.6 is 12.2 Å². The van der Waals surface area contributed by atoms with Crippen LogP contribution in [0.1, 0.15) is 19.8 Å². The number of hydrogen-bond acceptors (Lipinski definition) is 6. The van der Waals surface area contributed by atoms with Gasteiger partial charge in [-0.2, -0.15) is 0 Å². The Labute approximate surface area is 161 Å². The van der Waals surface area contributed by atoms with Crippen LogP contribution in [0.2, 0.25) is 0 Å². The molecule has 2 amide bonds. The van der Waals surface area contributed by atoms with Crippen molar-refractivity contribution >= 4 is 45.9 Å². The number of hydrogen-bond donors (Lipinski definition) is 1. The first-order valence-corrected chi connectivity index (χ1v) is 10.1. The minimum absolute atomic E-state index is 0.0843. The molecule has 0 aliphatic carbocycles. The van der Waals surface area contributed by atoms with E-state index >= 15 is 0 Å². The molecule has 0 saturated heterocycles. The fourth-order valence-corrected chi connectivity index (χ4v) is 2.99. The lowest BCUT2D eigenvalue weighted by Gasteiger charge is -2.14. The highest BCUT2D eigenvalue weighted by atomic mass is 32.2. The highest BCUT2D eigenvalue weighted by molar-refractivity contribution is 7.85. The van der Waals surface area contributed by atoms with Crippen LogP contribution in [0, 0.1) is 0 Å². The number of carbonyl (C=O) groups is 2. The van der Waals surface area contributed by atoms with Gasteiger partial charge in [0, 0.05) is 48.4 Å². The molecule has 1 rings (SSSR count). The van der Waals surface area contributed by atoms with Crippen LogP contribution in [-0.2, 0) is 15.6 Å². The molecule has 0 fully saturated rings. The summed E-state index contributed by atoms with van der Waals surface area (Å²) in [6.07, 6.45) is 0.989. The van der Waals surface area contributed by atoms with Crippen LogP contribution in [0.25, 0.3) is 0 Å².